The van der Waals surface area contributed by atoms with Crippen LogP contribution in [-0.2, 0) is 11.3 Å². The zero-order valence-electron chi connectivity index (χ0n) is 15.8. The van der Waals surface area contributed by atoms with Crippen molar-refractivity contribution in [3.8, 4) is 11.3 Å². The highest BCUT2D eigenvalue weighted by Gasteiger charge is 2.18. The average molecular weight is 417 g/mol. The number of halogens is 1. The van der Waals surface area contributed by atoms with Gasteiger partial charge in [-0.1, -0.05) is 35.9 Å². The lowest BCUT2D eigenvalue weighted by Gasteiger charge is -2.13. The minimum atomic E-state index is -0.836. The van der Waals surface area contributed by atoms with Gasteiger partial charge in [-0.25, -0.2) is 4.98 Å². The number of benzene rings is 1. The number of rotatable bonds is 8. The van der Waals surface area contributed by atoms with E-state index >= 15 is 0 Å². The molecule has 8 nitrogen and oxygen atoms in total. The number of carbonyl (C=O) groups is 1. The fraction of sp³-hybridized carbons (Fsp3) is 0.250. The van der Waals surface area contributed by atoms with Crippen LogP contribution in [0, 0.1) is 0 Å². The van der Waals surface area contributed by atoms with Crippen molar-refractivity contribution >= 4 is 23.2 Å². The van der Waals surface area contributed by atoms with Crippen LogP contribution < -0.4 is 10.9 Å². The summed E-state index contributed by atoms with van der Waals surface area (Å²) in [7, 11) is 1.46. The van der Waals surface area contributed by atoms with Gasteiger partial charge < -0.3 is 15.2 Å². The third kappa shape index (κ3) is 4.40. The number of aromatic nitrogens is 3. The largest absolute Gasteiger partial charge is 0.389 e. The van der Waals surface area contributed by atoms with Crippen LogP contribution in [0.1, 0.15) is 10.5 Å². The molecule has 2 N–H and O–H groups in total. The maximum absolute atomic E-state index is 13.0. The Labute approximate surface area is 172 Å². The highest BCUT2D eigenvalue weighted by atomic mass is 35.5. The number of carbonyl (C=O) groups excluding carboxylic acids is 1. The third-order valence-electron chi connectivity index (χ3n) is 4.27. The Balaban J connectivity index is 2.03. The number of imidazole rings is 1. The number of nitrogens with one attached hydrogen (secondary N) is 1. The second-order valence-electron chi connectivity index (χ2n) is 6.37. The monoisotopic (exact) mass is 416 g/mol. The van der Waals surface area contributed by atoms with Crippen molar-refractivity contribution in [2.75, 3.05) is 20.3 Å². The minimum absolute atomic E-state index is 0.00607. The van der Waals surface area contributed by atoms with Crippen molar-refractivity contribution in [1.29, 1.82) is 0 Å². The van der Waals surface area contributed by atoms with Crippen LogP contribution in [-0.4, -0.2) is 51.3 Å². The maximum Gasteiger partial charge on any atom is 0.295 e. The second-order valence-corrected chi connectivity index (χ2v) is 6.78. The lowest BCUT2D eigenvalue weighted by molar-refractivity contribution is 0.0609. The first-order chi connectivity index (χ1) is 14.0. The average Bonchev–Trinajstić information content (AvgIpc) is 3.14. The summed E-state index contributed by atoms with van der Waals surface area (Å²) in [5.41, 5.74) is 1.05. The van der Waals surface area contributed by atoms with Gasteiger partial charge in [-0.3, -0.25) is 18.6 Å². The molecular weight excluding hydrogens is 396 g/mol. The molecule has 0 aliphatic carbocycles. The Morgan fingerprint density at radius 1 is 1.41 bits per heavy atom. The number of hydrogen-bond acceptors (Lipinski definition) is 5. The first-order valence-electron chi connectivity index (χ1n) is 8.89. The van der Waals surface area contributed by atoms with Gasteiger partial charge in [0.2, 0.25) is 5.65 Å². The molecule has 9 heteroatoms. The molecule has 3 rings (SSSR count). The number of hydrogen-bond donors (Lipinski definition) is 2. The first-order valence-corrected chi connectivity index (χ1v) is 9.27. The van der Waals surface area contributed by atoms with Crippen LogP contribution in [0.25, 0.3) is 16.9 Å². The van der Waals surface area contributed by atoms with Gasteiger partial charge in [0, 0.05) is 43.2 Å². The molecule has 0 fully saturated rings. The summed E-state index contributed by atoms with van der Waals surface area (Å²) in [5.74, 6) is -0.502. The Morgan fingerprint density at radius 2 is 2.17 bits per heavy atom. The number of ether oxygens (including phenoxy) is 1. The normalized spacial score (nSPS) is 12.1. The molecule has 0 spiro atoms. The summed E-state index contributed by atoms with van der Waals surface area (Å²) >= 11 is 6.32. The van der Waals surface area contributed by atoms with Crippen molar-refractivity contribution in [2.24, 2.45) is 0 Å². The van der Waals surface area contributed by atoms with E-state index in [-0.39, 0.29) is 36.6 Å². The van der Waals surface area contributed by atoms with Crippen LogP contribution in [0.5, 0.6) is 0 Å². The summed E-state index contributed by atoms with van der Waals surface area (Å²) in [5, 5.41) is 12.7. The van der Waals surface area contributed by atoms with Gasteiger partial charge in [0.15, 0.2) is 0 Å². The molecule has 0 radical (unpaired) electrons. The minimum Gasteiger partial charge on any atom is -0.389 e. The molecule has 29 heavy (non-hydrogen) atoms. The standard InChI is InChI=1S/C20H21ClN4O4/c1-3-8-25-17(14-6-4-5-7-15(14)21)11-24-10-16(23-18(24)20(25)28)19(27)22-9-13(26)12-29-2/h3-7,10-11,13,26H,1,8-9,12H2,2H3,(H,22,27)/t13-/m1/s1. The molecule has 2 aromatic heterocycles. The van der Waals surface area contributed by atoms with Gasteiger partial charge in [-0.05, 0) is 6.07 Å². The van der Waals surface area contributed by atoms with Crippen molar-refractivity contribution in [2.45, 2.75) is 12.6 Å². The molecular formula is C20H21ClN4O4. The lowest BCUT2D eigenvalue weighted by Crippen LogP contribution is -2.34. The van der Waals surface area contributed by atoms with Crippen molar-refractivity contribution in [1.82, 2.24) is 19.3 Å². The predicted octanol–water partition coefficient (Wildman–Crippen LogP) is 1.74. The maximum atomic E-state index is 13.0. The van der Waals surface area contributed by atoms with E-state index in [2.05, 4.69) is 16.9 Å². The van der Waals surface area contributed by atoms with E-state index in [4.69, 9.17) is 16.3 Å². The van der Waals surface area contributed by atoms with E-state index in [9.17, 15) is 14.7 Å². The van der Waals surface area contributed by atoms with Gasteiger partial charge in [0.25, 0.3) is 11.5 Å². The number of allylic oxidation sites excluding steroid dienone is 1. The van der Waals surface area contributed by atoms with E-state index < -0.39 is 12.0 Å². The predicted molar refractivity (Wildman–Crippen MR) is 110 cm³/mol. The highest BCUT2D eigenvalue weighted by molar-refractivity contribution is 6.33. The number of nitrogens with zero attached hydrogens (tertiary/aromatic N) is 3. The molecule has 0 unspecified atom stereocenters. The summed E-state index contributed by atoms with van der Waals surface area (Å²) in [6, 6.07) is 7.18. The molecule has 0 bridgehead atoms. The van der Waals surface area contributed by atoms with E-state index in [0.717, 1.165) is 0 Å². The van der Waals surface area contributed by atoms with Gasteiger partial charge in [-0.2, -0.15) is 0 Å². The highest BCUT2D eigenvalue weighted by Crippen LogP contribution is 2.27. The van der Waals surface area contributed by atoms with Gasteiger partial charge in [0.05, 0.1) is 18.4 Å². The molecule has 0 aliphatic heterocycles. The van der Waals surface area contributed by atoms with Crippen LogP contribution in [0.3, 0.4) is 0 Å². The smallest absolute Gasteiger partial charge is 0.295 e. The van der Waals surface area contributed by atoms with Crippen LogP contribution in [0.4, 0.5) is 0 Å². The summed E-state index contributed by atoms with van der Waals surface area (Å²) in [4.78, 5) is 29.6. The summed E-state index contributed by atoms with van der Waals surface area (Å²) in [6.45, 7) is 4.07. The Morgan fingerprint density at radius 3 is 2.86 bits per heavy atom. The SMILES string of the molecule is C=CCn1c(-c2ccccc2Cl)cn2cc(C(=O)NC[C@@H](O)COC)nc2c1=O. The third-order valence-corrected chi connectivity index (χ3v) is 4.60. The molecule has 152 valence electrons. The molecule has 1 atom stereocenters. The number of aliphatic hydroxyl groups is 1. The van der Waals surface area contributed by atoms with Crippen LogP contribution >= 0.6 is 11.6 Å². The Hall–Kier alpha value is -2.94. The summed E-state index contributed by atoms with van der Waals surface area (Å²) in [6.07, 6.45) is 3.93. The molecule has 1 amide bonds. The lowest BCUT2D eigenvalue weighted by atomic mass is 10.1. The first kappa shape index (κ1) is 20.8. The summed E-state index contributed by atoms with van der Waals surface area (Å²) < 4.78 is 7.82. The van der Waals surface area contributed by atoms with Crippen molar-refractivity contribution in [3.05, 3.63) is 70.4 Å². The molecule has 3 aromatic rings. The van der Waals surface area contributed by atoms with Crippen LogP contribution in [0.15, 0.2) is 54.1 Å². The number of fused-ring (bicyclic) bond motifs is 1. The Bertz CT molecular complexity index is 1110. The molecule has 1 aromatic carbocycles. The zero-order valence-corrected chi connectivity index (χ0v) is 16.6. The molecule has 0 saturated carbocycles. The molecule has 0 aliphatic rings. The van der Waals surface area contributed by atoms with Crippen molar-refractivity contribution in [3.63, 3.8) is 0 Å². The topological polar surface area (TPSA) is 97.9 Å². The van der Waals surface area contributed by atoms with Gasteiger partial charge in [0.1, 0.15) is 5.69 Å². The molecule has 2 heterocycles. The Kier molecular flexibility index (Phi) is 6.48. The fourth-order valence-electron chi connectivity index (χ4n) is 2.94. The van der Waals surface area contributed by atoms with Gasteiger partial charge >= 0.3 is 0 Å². The quantitative estimate of drug-likeness (QED) is 0.545. The molecule has 0 saturated heterocycles. The number of aliphatic hydroxyl groups excluding tert-OH is 1. The number of amides is 1. The zero-order chi connectivity index (χ0) is 21.0. The van der Waals surface area contributed by atoms with E-state index in [1.54, 1.807) is 24.4 Å². The van der Waals surface area contributed by atoms with E-state index in [1.165, 1.54) is 22.3 Å². The van der Waals surface area contributed by atoms with Crippen LogP contribution in [0.2, 0.25) is 5.02 Å². The fourth-order valence-corrected chi connectivity index (χ4v) is 3.17. The number of methoxy groups -OCH3 is 1. The van der Waals surface area contributed by atoms with E-state index in [1.807, 2.05) is 12.1 Å². The van der Waals surface area contributed by atoms with Gasteiger partial charge in [-0.15, -0.1) is 6.58 Å². The second kappa shape index (κ2) is 9.04. The van der Waals surface area contributed by atoms with Crippen molar-refractivity contribution < 1.29 is 14.6 Å². The van der Waals surface area contributed by atoms with E-state index in [0.29, 0.717) is 16.3 Å².